The van der Waals surface area contributed by atoms with Gasteiger partial charge in [-0.1, -0.05) is 18.2 Å². The molecule has 2 aliphatic rings. The number of nitrogens with zero attached hydrogens (tertiary/aromatic N) is 1. The van der Waals surface area contributed by atoms with E-state index in [2.05, 4.69) is 0 Å². The Hall–Kier alpha value is -1.39. The first kappa shape index (κ1) is 9.81. The quantitative estimate of drug-likeness (QED) is 0.719. The molecule has 0 aliphatic carbocycles. The second-order valence-corrected chi connectivity index (χ2v) is 4.07. The van der Waals surface area contributed by atoms with Crippen molar-refractivity contribution in [1.29, 1.82) is 0 Å². The van der Waals surface area contributed by atoms with Crippen LogP contribution in [0.5, 0.6) is 0 Å². The van der Waals surface area contributed by atoms with Gasteiger partial charge >= 0.3 is 0 Å². The SMILES string of the molecule is O=C1CCc2ccccc2N1OC[C@@H]1CO1. The summed E-state index contributed by atoms with van der Waals surface area (Å²) >= 11 is 0. The fourth-order valence-electron chi connectivity index (χ4n) is 1.86. The van der Waals surface area contributed by atoms with Gasteiger partial charge in [0.05, 0.1) is 12.3 Å². The van der Waals surface area contributed by atoms with E-state index in [9.17, 15) is 4.79 Å². The van der Waals surface area contributed by atoms with Crippen LogP contribution in [0.25, 0.3) is 0 Å². The molecule has 0 unspecified atom stereocenters. The topological polar surface area (TPSA) is 42.1 Å². The van der Waals surface area contributed by atoms with E-state index in [0.29, 0.717) is 13.0 Å². The summed E-state index contributed by atoms with van der Waals surface area (Å²) in [5, 5.41) is 1.42. The number of fused-ring (bicyclic) bond motifs is 1. The molecule has 0 N–H and O–H groups in total. The van der Waals surface area contributed by atoms with Crippen LogP contribution in [0.3, 0.4) is 0 Å². The number of hydrogen-bond acceptors (Lipinski definition) is 3. The highest BCUT2D eigenvalue weighted by molar-refractivity contribution is 5.94. The van der Waals surface area contributed by atoms with Crippen molar-refractivity contribution in [2.45, 2.75) is 18.9 Å². The lowest BCUT2D eigenvalue weighted by molar-refractivity contribution is -0.126. The molecular weight excluding hydrogens is 206 g/mol. The normalized spacial score (nSPS) is 23.1. The first-order valence-corrected chi connectivity index (χ1v) is 5.50. The lowest BCUT2D eigenvalue weighted by Crippen LogP contribution is -2.36. The molecule has 84 valence electrons. The van der Waals surface area contributed by atoms with Gasteiger partial charge < -0.3 is 4.74 Å². The third-order valence-electron chi connectivity index (χ3n) is 2.84. The average Bonchev–Trinajstić information content (AvgIpc) is 3.12. The summed E-state index contributed by atoms with van der Waals surface area (Å²) in [4.78, 5) is 17.3. The Morgan fingerprint density at radius 3 is 3.00 bits per heavy atom. The molecule has 1 saturated heterocycles. The molecule has 2 heterocycles. The molecular formula is C12H13NO3. The highest BCUT2D eigenvalue weighted by Gasteiger charge is 2.29. The van der Waals surface area contributed by atoms with E-state index in [4.69, 9.17) is 9.57 Å². The zero-order valence-corrected chi connectivity index (χ0v) is 8.89. The Bertz CT molecular complexity index is 414. The molecule has 3 rings (SSSR count). The molecule has 0 spiro atoms. The van der Waals surface area contributed by atoms with Gasteiger partial charge in [0, 0.05) is 6.42 Å². The number of rotatable bonds is 3. The van der Waals surface area contributed by atoms with Crippen LogP contribution in [-0.2, 0) is 20.8 Å². The van der Waals surface area contributed by atoms with Crippen molar-refractivity contribution in [3.05, 3.63) is 29.8 Å². The summed E-state index contributed by atoms with van der Waals surface area (Å²) in [5.74, 6) is 0.0272. The Morgan fingerprint density at radius 1 is 1.38 bits per heavy atom. The van der Waals surface area contributed by atoms with Crippen LogP contribution in [0.2, 0.25) is 0 Å². The van der Waals surface area contributed by atoms with Gasteiger partial charge in [-0.15, -0.1) is 0 Å². The summed E-state index contributed by atoms with van der Waals surface area (Å²) in [5.41, 5.74) is 2.04. The van der Waals surface area contributed by atoms with Crippen LogP contribution < -0.4 is 5.06 Å². The highest BCUT2D eigenvalue weighted by atomic mass is 16.7. The molecule has 1 aromatic carbocycles. The molecule has 0 bridgehead atoms. The number of carbonyl (C=O) groups is 1. The Morgan fingerprint density at radius 2 is 2.19 bits per heavy atom. The highest BCUT2D eigenvalue weighted by Crippen LogP contribution is 2.28. The van der Waals surface area contributed by atoms with E-state index >= 15 is 0 Å². The number of epoxide rings is 1. The Labute approximate surface area is 93.7 Å². The third-order valence-corrected chi connectivity index (χ3v) is 2.84. The van der Waals surface area contributed by atoms with E-state index < -0.39 is 0 Å². The van der Waals surface area contributed by atoms with Crippen molar-refractivity contribution in [3.8, 4) is 0 Å². The van der Waals surface area contributed by atoms with Gasteiger partial charge in [0.1, 0.15) is 12.7 Å². The summed E-state index contributed by atoms with van der Waals surface area (Å²) in [6.45, 7) is 1.20. The molecule has 1 fully saturated rings. The van der Waals surface area contributed by atoms with Gasteiger partial charge in [0.2, 0.25) is 0 Å². The predicted molar refractivity (Wildman–Crippen MR) is 57.9 cm³/mol. The maximum atomic E-state index is 11.8. The average molecular weight is 219 g/mol. The molecule has 16 heavy (non-hydrogen) atoms. The fourth-order valence-corrected chi connectivity index (χ4v) is 1.86. The zero-order valence-electron chi connectivity index (χ0n) is 8.89. The monoisotopic (exact) mass is 219 g/mol. The minimum atomic E-state index is 0.0272. The van der Waals surface area contributed by atoms with Gasteiger partial charge in [-0.25, -0.2) is 0 Å². The summed E-state index contributed by atoms with van der Waals surface area (Å²) < 4.78 is 5.06. The Kier molecular flexibility index (Phi) is 2.38. The number of carbonyl (C=O) groups excluding carboxylic acids is 1. The predicted octanol–water partition coefficient (Wildman–Crippen LogP) is 1.30. The van der Waals surface area contributed by atoms with E-state index in [1.807, 2.05) is 24.3 Å². The largest absolute Gasteiger partial charge is 0.371 e. The molecule has 0 aromatic heterocycles. The van der Waals surface area contributed by atoms with E-state index in [1.165, 1.54) is 10.6 Å². The molecule has 0 radical (unpaired) electrons. The standard InChI is InChI=1S/C12H13NO3/c14-12-6-5-9-3-1-2-4-11(9)13(12)16-8-10-7-15-10/h1-4,10H,5-8H2/t10-/m0/s1. The molecule has 4 heteroatoms. The van der Waals surface area contributed by atoms with Crippen LogP contribution in [0.1, 0.15) is 12.0 Å². The lowest BCUT2D eigenvalue weighted by atomic mass is 10.0. The number of aryl methyl sites for hydroxylation is 1. The fraction of sp³-hybridized carbons (Fsp3) is 0.417. The van der Waals surface area contributed by atoms with Gasteiger partial charge in [-0.05, 0) is 18.1 Å². The number of anilines is 1. The number of amides is 1. The summed E-state index contributed by atoms with van der Waals surface area (Å²) in [7, 11) is 0. The zero-order chi connectivity index (χ0) is 11.0. The Balaban J connectivity index is 1.81. The van der Waals surface area contributed by atoms with Crippen LogP contribution in [0.4, 0.5) is 5.69 Å². The van der Waals surface area contributed by atoms with Gasteiger partial charge in [-0.3, -0.25) is 9.63 Å². The maximum Gasteiger partial charge on any atom is 0.251 e. The van der Waals surface area contributed by atoms with Gasteiger partial charge in [-0.2, -0.15) is 5.06 Å². The summed E-state index contributed by atoms with van der Waals surface area (Å²) in [6, 6.07) is 7.85. The summed E-state index contributed by atoms with van der Waals surface area (Å²) in [6.07, 6.45) is 1.49. The van der Waals surface area contributed by atoms with E-state index in [0.717, 1.165) is 18.7 Å². The second kappa shape index (κ2) is 3.88. The van der Waals surface area contributed by atoms with Crippen molar-refractivity contribution in [1.82, 2.24) is 0 Å². The smallest absolute Gasteiger partial charge is 0.251 e. The maximum absolute atomic E-state index is 11.8. The van der Waals surface area contributed by atoms with E-state index in [1.54, 1.807) is 0 Å². The van der Waals surface area contributed by atoms with E-state index in [-0.39, 0.29) is 12.0 Å². The second-order valence-electron chi connectivity index (χ2n) is 4.07. The van der Waals surface area contributed by atoms with Crippen molar-refractivity contribution in [2.24, 2.45) is 0 Å². The van der Waals surface area contributed by atoms with Crippen molar-refractivity contribution in [2.75, 3.05) is 18.3 Å². The van der Waals surface area contributed by atoms with Gasteiger partial charge in [0.25, 0.3) is 5.91 Å². The first-order valence-electron chi connectivity index (χ1n) is 5.50. The molecule has 1 atom stereocenters. The number of benzene rings is 1. The van der Waals surface area contributed by atoms with Crippen molar-refractivity contribution >= 4 is 11.6 Å². The minimum Gasteiger partial charge on any atom is -0.371 e. The number of hydroxylamine groups is 1. The third kappa shape index (κ3) is 1.81. The van der Waals surface area contributed by atoms with Crippen molar-refractivity contribution < 1.29 is 14.4 Å². The van der Waals surface area contributed by atoms with Crippen LogP contribution in [0.15, 0.2) is 24.3 Å². The van der Waals surface area contributed by atoms with Crippen LogP contribution in [0, 0.1) is 0 Å². The first-order chi connectivity index (χ1) is 7.84. The number of ether oxygens (including phenoxy) is 1. The molecule has 2 aliphatic heterocycles. The number of para-hydroxylation sites is 1. The lowest BCUT2D eigenvalue weighted by Gasteiger charge is -2.27. The van der Waals surface area contributed by atoms with Crippen molar-refractivity contribution in [3.63, 3.8) is 0 Å². The van der Waals surface area contributed by atoms with Gasteiger partial charge in [0.15, 0.2) is 0 Å². The molecule has 1 aromatic rings. The molecule has 1 amide bonds. The van der Waals surface area contributed by atoms with Crippen LogP contribution in [-0.4, -0.2) is 25.2 Å². The molecule has 4 nitrogen and oxygen atoms in total. The molecule has 0 saturated carbocycles. The minimum absolute atomic E-state index is 0.0272. The number of hydrogen-bond donors (Lipinski definition) is 0. The van der Waals surface area contributed by atoms with Crippen LogP contribution >= 0.6 is 0 Å².